The number of benzene rings is 3. The third-order valence-electron chi connectivity index (χ3n) is 4.91. The lowest BCUT2D eigenvalue weighted by molar-refractivity contribution is 0.441. The molecule has 0 radical (unpaired) electrons. The summed E-state index contributed by atoms with van der Waals surface area (Å²) in [5, 5.41) is 0. The van der Waals surface area contributed by atoms with Gasteiger partial charge in [0.15, 0.2) is 11.6 Å². The number of halogens is 2. The molecule has 0 aliphatic heterocycles. The first-order valence-corrected chi connectivity index (χ1v) is 9.25. The predicted octanol–water partition coefficient (Wildman–Crippen LogP) is 6.67. The normalized spacial score (nSPS) is 12.8. The summed E-state index contributed by atoms with van der Waals surface area (Å²) in [7, 11) is 0. The summed E-state index contributed by atoms with van der Waals surface area (Å²) in [5.74, 6) is 2.98. The number of para-hydroxylation sites is 1. The lowest BCUT2D eigenvalue weighted by Gasteiger charge is -2.24. The molecule has 0 N–H and O–H groups in total. The van der Waals surface area contributed by atoms with E-state index < -0.39 is 11.2 Å². The molecule has 0 fully saturated rings. The molecule has 142 valence electrons. The number of hydrogen-bond acceptors (Lipinski definition) is 1. The lowest BCUT2D eigenvalue weighted by Crippen LogP contribution is -2.19. The van der Waals surface area contributed by atoms with Crippen LogP contribution in [0.1, 0.15) is 30.9 Å². The van der Waals surface area contributed by atoms with Crippen LogP contribution in [0.2, 0.25) is 0 Å². The molecule has 1 atom stereocenters. The second kappa shape index (κ2) is 8.71. The first kappa shape index (κ1) is 19.6. The number of terminal acetylenes is 1. The molecule has 28 heavy (non-hydrogen) atoms. The molecule has 0 aliphatic rings. The largest absolute Gasteiger partial charge is 0.454 e. The maximum Gasteiger partial charge on any atom is 0.165 e. The highest BCUT2D eigenvalue weighted by molar-refractivity contribution is 5.36. The van der Waals surface area contributed by atoms with Gasteiger partial charge >= 0.3 is 0 Å². The lowest BCUT2D eigenvalue weighted by atomic mass is 9.78. The molecule has 3 aromatic carbocycles. The molecule has 0 bridgehead atoms. The van der Waals surface area contributed by atoms with E-state index in [-0.39, 0.29) is 11.6 Å². The van der Waals surface area contributed by atoms with Crippen LogP contribution >= 0.6 is 0 Å². The molecule has 0 heterocycles. The molecule has 3 aromatic rings. The van der Waals surface area contributed by atoms with Crippen molar-refractivity contribution in [3.05, 3.63) is 95.6 Å². The van der Waals surface area contributed by atoms with Crippen molar-refractivity contribution in [2.75, 3.05) is 0 Å². The van der Waals surface area contributed by atoms with Crippen molar-refractivity contribution in [3.63, 3.8) is 0 Å². The van der Waals surface area contributed by atoms with Gasteiger partial charge in [0.2, 0.25) is 0 Å². The van der Waals surface area contributed by atoms with Gasteiger partial charge in [-0.2, -0.15) is 0 Å². The standard InChI is InChI=1S/C25H22F2O/c1-3-25(2,20-12-14-21(26)15-13-20)17-7-8-19-11-16-23(27)24(18-19)28-22-9-5-4-6-10-22/h1,4-6,9-16,18H,7-8,17H2,2H3. The topological polar surface area (TPSA) is 9.23 Å². The van der Waals surface area contributed by atoms with E-state index in [1.807, 2.05) is 25.1 Å². The smallest absolute Gasteiger partial charge is 0.165 e. The van der Waals surface area contributed by atoms with Gasteiger partial charge in [0.1, 0.15) is 11.6 Å². The molecule has 0 saturated carbocycles. The maximum atomic E-state index is 14.1. The highest BCUT2D eigenvalue weighted by atomic mass is 19.1. The average molecular weight is 376 g/mol. The molecule has 1 nitrogen and oxygen atoms in total. The average Bonchev–Trinajstić information content (AvgIpc) is 2.71. The van der Waals surface area contributed by atoms with Crippen LogP contribution in [0.5, 0.6) is 11.5 Å². The van der Waals surface area contributed by atoms with E-state index in [1.165, 1.54) is 18.2 Å². The molecule has 0 amide bonds. The second-order valence-corrected chi connectivity index (χ2v) is 7.02. The third-order valence-corrected chi connectivity index (χ3v) is 4.91. The minimum absolute atomic E-state index is 0.210. The van der Waals surface area contributed by atoms with Gasteiger partial charge in [-0.3, -0.25) is 0 Å². The van der Waals surface area contributed by atoms with E-state index in [9.17, 15) is 8.78 Å². The molecule has 0 aliphatic carbocycles. The minimum atomic E-state index is -0.475. The van der Waals surface area contributed by atoms with Crippen LogP contribution in [0.15, 0.2) is 72.8 Å². The summed E-state index contributed by atoms with van der Waals surface area (Å²) in [6, 6.07) is 20.4. The van der Waals surface area contributed by atoms with Crippen LogP contribution in [0.4, 0.5) is 8.78 Å². The zero-order valence-corrected chi connectivity index (χ0v) is 15.8. The second-order valence-electron chi connectivity index (χ2n) is 7.02. The summed E-state index contributed by atoms with van der Waals surface area (Å²) in [6.45, 7) is 1.98. The Hall–Kier alpha value is -3.12. The summed E-state index contributed by atoms with van der Waals surface area (Å²) in [6.07, 6.45) is 8.06. The Labute approximate surface area is 165 Å². The van der Waals surface area contributed by atoms with Crippen molar-refractivity contribution in [3.8, 4) is 23.8 Å². The first-order valence-electron chi connectivity index (χ1n) is 9.25. The summed E-state index contributed by atoms with van der Waals surface area (Å²) >= 11 is 0. The molecular formula is C25H22F2O. The molecule has 0 aromatic heterocycles. The Bertz CT molecular complexity index is 958. The van der Waals surface area contributed by atoms with Crippen molar-refractivity contribution in [1.29, 1.82) is 0 Å². The van der Waals surface area contributed by atoms with Crippen LogP contribution in [0, 0.1) is 24.0 Å². The maximum absolute atomic E-state index is 14.1. The van der Waals surface area contributed by atoms with Crippen LogP contribution in [0.25, 0.3) is 0 Å². The van der Waals surface area contributed by atoms with Gasteiger partial charge in [-0.15, -0.1) is 6.42 Å². The molecule has 0 spiro atoms. The fourth-order valence-corrected chi connectivity index (χ4v) is 3.16. The zero-order chi connectivity index (χ0) is 20.0. The van der Waals surface area contributed by atoms with E-state index in [2.05, 4.69) is 5.92 Å². The van der Waals surface area contributed by atoms with Crippen molar-refractivity contribution in [2.45, 2.75) is 31.6 Å². The van der Waals surface area contributed by atoms with Crippen molar-refractivity contribution in [2.24, 2.45) is 0 Å². The fraction of sp³-hybridized carbons (Fsp3) is 0.200. The van der Waals surface area contributed by atoms with Crippen LogP contribution in [-0.2, 0) is 11.8 Å². The predicted molar refractivity (Wildman–Crippen MR) is 108 cm³/mol. The Kier molecular flexibility index (Phi) is 6.11. The van der Waals surface area contributed by atoms with Crippen molar-refractivity contribution in [1.82, 2.24) is 0 Å². The van der Waals surface area contributed by atoms with Gasteiger partial charge in [-0.25, -0.2) is 8.78 Å². The Balaban J connectivity index is 1.66. The zero-order valence-electron chi connectivity index (χ0n) is 15.8. The molecule has 3 heteroatoms. The SMILES string of the molecule is C#CC(C)(CCCc1ccc(F)c(Oc2ccccc2)c1)c1ccc(F)cc1. The number of ether oxygens (including phenoxy) is 1. The Morgan fingerprint density at radius 2 is 1.68 bits per heavy atom. The van der Waals surface area contributed by atoms with Crippen LogP contribution in [0.3, 0.4) is 0 Å². The van der Waals surface area contributed by atoms with Crippen LogP contribution in [-0.4, -0.2) is 0 Å². The molecule has 1 unspecified atom stereocenters. The quantitative estimate of drug-likeness (QED) is 0.418. The van der Waals surface area contributed by atoms with Gasteiger partial charge in [-0.1, -0.05) is 42.3 Å². The fourth-order valence-electron chi connectivity index (χ4n) is 3.16. The third kappa shape index (κ3) is 4.78. The van der Waals surface area contributed by atoms with Crippen molar-refractivity contribution < 1.29 is 13.5 Å². The Morgan fingerprint density at radius 1 is 0.964 bits per heavy atom. The van der Waals surface area contributed by atoms with Gasteiger partial charge in [0, 0.05) is 0 Å². The molecule has 3 rings (SSSR count). The molecular weight excluding hydrogens is 354 g/mol. The van der Waals surface area contributed by atoms with Crippen molar-refractivity contribution >= 4 is 0 Å². The van der Waals surface area contributed by atoms with E-state index >= 15 is 0 Å². The van der Waals surface area contributed by atoms with Crippen LogP contribution < -0.4 is 4.74 Å². The van der Waals surface area contributed by atoms with Gasteiger partial charge in [0.05, 0.1) is 5.41 Å². The van der Waals surface area contributed by atoms with Gasteiger partial charge < -0.3 is 4.74 Å². The van der Waals surface area contributed by atoms with E-state index in [0.29, 0.717) is 5.75 Å². The first-order chi connectivity index (χ1) is 13.5. The van der Waals surface area contributed by atoms with Gasteiger partial charge in [0.25, 0.3) is 0 Å². The summed E-state index contributed by atoms with van der Waals surface area (Å²) in [4.78, 5) is 0. The Morgan fingerprint density at radius 3 is 2.36 bits per heavy atom. The number of hydrogen-bond donors (Lipinski definition) is 0. The summed E-state index contributed by atoms with van der Waals surface area (Å²) in [5.41, 5.74) is 1.42. The highest BCUT2D eigenvalue weighted by Gasteiger charge is 2.23. The summed E-state index contributed by atoms with van der Waals surface area (Å²) < 4.78 is 32.9. The van der Waals surface area contributed by atoms with E-state index in [0.717, 1.165) is 30.4 Å². The monoisotopic (exact) mass is 376 g/mol. The minimum Gasteiger partial charge on any atom is -0.454 e. The number of rotatable bonds is 7. The van der Waals surface area contributed by atoms with E-state index in [1.54, 1.807) is 36.4 Å². The van der Waals surface area contributed by atoms with E-state index in [4.69, 9.17) is 11.2 Å². The molecule has 0 saturated heterocycles. The van der Waals surface area contributed by atoms with Gasteiger partial charge in [-0.05, 0) is 73.7 Å². The highest BCUT2D eigenvalue weighted by Crippen LogP contribution is 2.30. The number of aryl methyl sites for hydroxylation is 1.